The summed E-state index contributed by atoms with van der Waals surface area (Å²) in [4.78, 5) is 23.2. The number of ketones is 1. The highest BCUT2D eigenvalue weighted by molar-refractivity contribution is 5.96. The Morgan fingerprint density at radius 3 is 2.15 bits per heavy atom. The lowest BCUT2D eigenvalue weighted by molar-refractivity contribution is -0.135. The van der Waals surface area contributed by atoms with Crippen LogP contribution in [-0.4, -0.2) is 40.9 Å². The van der Waals surface area contributed by atoms with E-state index in [9.17, 15) is 14.7 Å². The highest BCUT2D eigenvalue weighted by atomic mass is 16.3. The number of carbonyl (C=O) groups is 2. The minimum atomic E-state index is -0.915. The lowest BCUT2D eigenvalue weighted by atomic mass is 10.1. The quantitative estimate of drug-likeness (QED) is 0.639. The number of rotatable bonds is 4. The van der Waals surface area contributed by atoms with Gasteiger partial charge in [0.25, 0.3) is 0 Å². The molecule has 0 rings (SSSR count). The average molecular weight is 187 g/mol. The van der Waals surface area contributed by atoms with Crippen molar-refractivity contribution in [3.05, 3.63) is 0 Å². The Kier molecular flexibility index (Phi) is 4.07. The smallest absolute Gasteiger partial charge is 0.229 e. The zero-order valence-electron chi connectivity index (χ0n) is 8.63. The molecule has 4 heteroatoms. The molecule has 0 aromatic carbocycles. The number of hydrogen-bond donors (Lipinski definition) is 1. The predicted molar refractivity (Wildman–Crippen MR) is 49.2 cm³/mol. The second kappa shape index (κ2) is 4.37. The largest absolute Gasteiger partial charge is 0.389 e. The summed E-state index contributed by atoms with van der Waals surface area (Å²) in [5.41, 5.74) is -0.915. The summed E-state index contributed by atoms with van der Waals surface area (Å²) >= 11 is 0. The predicted octanol–water partition coefficient (Wildman–Crippen LogP) is 0.195. The summed E-state index contributed by atoms with van der Waals surface area (Å²) in [5.74, 6) is -0.415. The van der Waals surface area contributed by atoms with Crippen molar-refractivity contribution in [3.63, 3.8) is 0 Å². The van der Waals surface area contributed by atoms with Gasteiger partial charge < -0.3 is 10.0 Å². The molecule has 0 aromatic heterocycles. The molecule has 0 heterocycles. The third-order valence-corrected chi connectivity index (χ3v) is 1.45. The number of Topliss-reactive ketones (excluding diaryl/α,β-unsaturated/α-hetero) is 1. The van der Waals surface area contributed by atoms with Gasteiger partial charge in [-0.15, -0.1) is 0 Å². The molecule has 0 aliphatic rings. The van der Waals surface area contributed by atoms with Crippen molar-refractivity contribution in [2.45, 2.75) is 32.8 Å². The zero-order chi connectivity index (χ0) is 10.6. The number of likely N-dealkylation sites (N-methyl/N-ethyl adjacent to an activating group) is 1. The molecular weight excluding hydrogens is 170 g/mol. The van der Waals surface area contributed by atoms with Gasteiger partial charge in [-0.25, -0.2) is 0 Å². The molecule has 0 saturated heterocycles. The van der Waals surface area contributed by atoms with E-state index in [1.807, 2.05) is 0 Å². The molecule has 0 aliphatic carbocycles. The van der Waals surface area contributed by atoms with E-state index < -0.39 is 5.60 Å². The summed E-state index contributed by atoms with van der Waals surface area (Å²) in [6.45, 7) is 4.84. The average Bonchev–Trinajstić information content (AvgIpc) is 1.81. The Morgan fingerprint density at radius 1 is 1.38 bits per heavy atom. The summed E-state index contributed by atoms with van der Waals surface area (Å²) in [7, 11) is 1.57. The third kappa shape index (κ3) is 6.28. The molecule has 0 spiro atoms. The normalized spacial score (nSPS) is 11.2. The molecule has 0 fully saturated rings. The lowest BCUT2D eigenvalue weighted by Crippen LogP contribution is -2.40. The van der Waals surface area contributed by atoms with Crippen molar-refractivity contribution in [2.75, 3.05) is 13.6 Å². The van der Waals surface area contributed by atoms with Crippen LogP contribution in [0.4, 0.5) is 0 Å². The van der Waals surface area contributed by atoms with Crippen molar-refractivity contribution < 1.29 is 14.7 Å². The van der Waals surface area contributed by atoms with E-state index >= 15 is 0 Å². The zero-order valence-corrected chi connectivity index (χ0v) is 8.63. The molecule has 1 amide bonds. The van der Waals surface area contributed by atoms with Gasteiger partial charge in [-0.2, -0.15) is 0 Å². The number of nitrogens with zero attached hydrogens (tertiary/aromatic N) is 1. The van der Waals surface area contributed by atoms with Crippen LogP contribution in [0.25, 0.3) is 0 Å². The van der Waals surface area contributed by atoms with Crippen molar-refractivity contribution in [2.24, 2.45) is 0 Å². The fourth-order valence-electron chi connectivity index (χ4n) is 1.02. The number of hydrogen-bond acceptors (Lipinski definition) is 3. The molecule has 0 unspecified atom stereocenters. The number of aliphatic hydroxyl groups is 1. The Labute approximate surface area is 78.5 Å². The maximum absolute atomic E-state index is 11.2. The molecule has 1 N–H and O–H groups in total. The van der Waals surface area contributed by atoms with Gasteiger partial charge in [0.15, 0.2) is 0 Å². The minimum Gasteiger partial charge on any atom is -0.389 e. The van der Waals surface area contributed by atoms with Gasteiger partial charge in [0.05, 0.1) is 12.0 Å². The van der Waals surface area contributed by atoms with Crippen LogP contribution in [0.15, 0.2) is 0 Å². The molecule has 76 valence electrons. The molecule has 0 aromatic rings. The van der Waals surface area contributed by atoms with E-state index in [1.165, 1.54) is 11.8 Å². The van der Waals surface area contributed by atoms with Crippen molar-refractivity contribution >= 4 is 11.7 Å². The van der Waals surface area contributed by atoms with Crippen LogP contribution in [0.3, 0.4) is 0 Å². The molecule has 0 aliphatic heterocycles. The summed E-state index contributed by atoms with van der Waals surface area (Å²) < 4.78 is 0. The first kappa shape index (κ1) is 12.1. The molecule has 13 heavy (non-hydrogen) atoms. The van der Waals surface area contributed by atoms with E-state index in [1.54, 1.807) is 20.9 Å². The van der Waals surface area contributed by atoms with E-state index in [0.717, 1.165) is 0 Å². The Balaban J connectivity index is 4.04. The van der Waals surface area contributed by atoms with Crippen LogP contribution in [0.1, 0.15) is 27.2 Å². The molecule has 4 nitrogen and oxygen atoms in total. The van der Waals surface area contributed by atoms with Crippen LogP contribution >= 0.6 is 0 Å². The van der Waals surface area contributed by atoms with E-state index in [-0.39, 0.29) is 24.7 Å². The molecule has 0 atom stereocenters. The molecule has 0 radical (unpaired) electrons. The first-order chi connectivity index (χ1) is 5.72. The van der Waals surface area contributed by atoms with Gasteiger partial charge in [-0.1, -0.05) is 0 Å². The van der Waals surface area contributed by atoms with E-state index in [4.69, 9.17) is 0 Å². The van der Waals surface area contributed by atoms with E-state index in [0.29, 0.717) is 0 Å². The van der Waals surface area contributed by atoms with Crippen LogP contribution < -0.4 is 0 Å². The third-order valence-electron chi connectivity index (χ3n) is 1.45. The van der Waals surface area contributed by atoms with E-state index in [2.05, 4.69) is 0 Å². The fraction of sp³-hybridized carbons (Fsp3) is 0.778. The summed E-state index contributed by atoms with van der Waals surface area (Å²) in [6, 6.07) is 0. The molecule has 0 saturated carbocycles. The van der Waals surface area contributed by atoms with Gasteiger partial charge >= 0.3 is 0 Å². The topological polar surface area (TPSA) is 57.6 Å². The first-order valence-electron chi connectivity index (χ1n) is 4.18. The highest BCUT2D eigenvalue weighted by Crippen LogP contribution is 2.04. The summed E-state index contributed by atoms with van der Waals surface area (Å²) in [5, 5.41) is 9.39. The lowest BCUT2D eigenvalue weighted by Gasteiger charge is -2.25. The van der Waals surface area contributed by atoms with Gasteiger partial charge in [0.2, 0.25) is 5.91 Å². The van der Waals surface area contributed by atoms with Gasteiger partial charge in [0.1, 0.15) is 5.78 Å². The Hall–Kier alpha value is -0.900. The van der Waals surface area contributed by atoms with Crippen molar-refractivity contribution in [3.8, 4) is 0 Å². The van der Waals surface area contributed by atoms with Gasteiger partial charge in [0, 0.05) is 13.6 Å². The second-order valence-corrected chi connectivity index (χ2v) is 3.94. The molecular formula is C9H17NO3. The molecule has 0 bridgehead atoms. The SMILES string of the molecule is CC(=O)CC(=O)N(C)CC(C)(C)O. The number of carbonyl (C=O) groups excluding carboxylic acids is 2. The van der Waals surface area contributed by atoms with Gasteiger partial charge in [-0.05, 0) is 20.8 Å². The van der Waals surface area contributed by atoms with Crippen LogP contribution in [-0.2, 0) is 9.59 Å². The van der Waals surface area contributed by atoms with Crippen LogP contribution in [0, 0.1) is 0 Å². The van der Waals surface area contributed by atoms with Crippen LogP contribution in [0.2, 0.25) is 0 Å². The number of amides is 1. The highest BCUT2D eigenvalue weighted by Gasteiger charge is 2.19. The van der Waals surface area contributed by atoms with Crippen LogP contribution in [0.5, 0.6) is 0 Å². The fourth-order valence-corrected chi connectivity index (χ4v) is 1.02. The Bertz CT molecular complexity index is 205. The standard InChI is InChI=1S/C9H17NO3/c1-7(11)5-8(12)10(4)6-9(2,3)13/h13H,5-6H2,1-4H3. The second-order valence-electron chi connectivity index (χ2n) is 3.94. The van der Waals surface area contributed by atoms with Crippen molar-refractivity contribution in [1.29, 1.82) is 0 Å². The van der Waals surface area contributed by atoms with Gasteiger partial charge in [-0.3, -0.25) is 9.59 Å². The minimum absolute atomic E-state index is 0.0907. The van der Waals surface area contributed by atoms with Crippen molar-refractivity contribution in [1.82, 2.24) is 4.90 Å². The first-order valence-corrected chi connectivity index (χ1v) is 4.18. The monoisotopic (exact) mass is 187 g/mol. The summed E-state index contributed by atoms with van der Waals surface area (Å²) in [6.07, 6.45) is -0.0907. The Morgan fingerprint density at radius 2 is 1.85 bits per heavy atom. The maximum Gasteiger partial charge on any atom is 0.229 e. The maximum atomic E-state index is 11.2.